The molecule has 0 saturated heterocycles. The highest BCUT2D eigenvalue weighted by Crippen LogP contribution is 2.28. The van der Waals surface area contributed by atoms with E-state index in [1.807, 2.05) is 47.9 Å². The summed E-state index contributed by atoms with van der Waals surface area (Å²) in [7, 11) is 0. The third kappa shape index (κ3) is 3.24. The van der Waals surface area contributed by atoms with Crippen LogP contribution in [0.15, 0.2) is 53.9 Å². The van der Waals surface area contributed by atoms with E-state index in [-0.39, 0.29) is 5.75 Å². The average Bonchev–Trinajstić information content (AvgIpc) is 2.98. The number of pyridine rings is 1. The maximum absolute atomic E-state index is 11.1. The first-order valence-electron chi connectivity index (χ1n) is 6.99. The van der Waals surface area contributed by atoms with Gasteiger partial charge in [-0.1, -0.05) is 30.0 Å². The maximum Gasteiger partial charge on any atom is 0.227 e. The number of hydrogen-bond donors (Lipinski definition) is 1. The zero-order chi connectivity index (χ0) is 16.2. The minimum Gasteiger partial charge on any atom is -0.369 e. The molecule has 0 aliphatic rings. The normalized spacial score (nSPS) is 10.7. The first-order valence-corrected chi connectivity index (χ1v) is 7.98. The summed E-state index contributed by atoms with van der Waals surface area (Å²) in [5, 5.41) is 9.13. The quantitative estimate of drug-likeness (QED) is 0.727. The van der Waals surface area contributed by atoms with E-state index in [9.17, 15) is 4.79 Å². The molecule has 0 atom stereocenters. The van der Waals surface area contributed by atoms with Gasteiger partial charge in [-0.2, -0.15) is 0 Å². The van der Waals surface area contributed by atoms with Gasteiger partial charge in [0.1, 0.15) is 0 Å². The predicted octanol–water partition coefficient (Wildman–Crippen LogP) is 2.22. The van der Waals surface area contributed by atoms with E-state index >= 15 is 0 Å². The summed E-state index contributed by atoms with van der Waals surface area (Å²) < 4.78 is 1.93. The van der Waals surface area contributed by atoms with Gasteiger partial charge in [0.15, 0.2) is 11.0 Å². The summed E-state index contributed by atoms with van der Waals surface area (Å²) in [5.41, 5.74) is 8.15. The van der Waals surface area contributed by atoms with E-state index in [4.69, 9.17) is 5.73 Å². The molecule has 0 aliphatic carbocycles. The Morgan fingerprint density at radius 3 is 2.74 bits per heavy atom. The van der Waals surface area contributed by atoms with Crippen molar-refractivity contribution >= 4 is 17.7 Å². The molecular formula is C16H15N5OS. The van der Waals surface area contributed by atoms with E-state index < -0.39 is 5.91 Å². The number of amides is 1. The zero-order valence-corrected chi connectivity index (χ0v) is 13.3. The molecule has 0 saturated carbocycles. The van der Waals surface area contributed by atoms with Crippen LogP contribution in [0.1, 0.15) is 5.56 Å². The monoisotopic (exact) mass is 325 g/mol. The number of aromatic nitrogens is 4. The average molecular weight is 325 g/mol. The van der Waals surface area contributed by atoms with Crippen LogP contribution in [-0.4, -0.2) is 31.4 Å². The third-order valence-corrected chi connectivity index (χ3v) is 4.20. The molecule has 0 radical (unpaired) electrons. The number of nitrogens with two attached hydrogens (primary N) is 1. The van der Waals surface area contributed by atoms with Crippen molar-refractivity contribution in [2.75, 3.05) is 5.75 Å². The zero-order valence-electron chi connectivity index (χ0n) is 12.5. The van der Waals surface area contributed by atoms with Crippen LogP contribution in [0.5, 0.6) is 0 Å². The van der Waals surface area contributed by atoms with E-state index in [2.05, 4.69) is 15.2 Å². The Hall–Kier alpha value is -2.67. The van der Waals surface area contributed by atoms with E-state index in [1.54, 1.807) is 12.4 Å². The molecule has 1 amide bonds. The smallest absolute Gasteiger partial charge is 0.227 e. The lowest BCUT2D eigenvalue weighted by Gasteiger charge is -2.12. The number of aryl methyl sites for hydroxylation is 1. The van der Waals surface area contributed by atoms with Crippen molar-refractivity contribution in [1.29, 1.82) is 0 Å². The molecule has 6 nitrogen and oxygen atoms in total. The molecule has 1 aromatic carbocycles. The maximum atomic E-state index is 11.1. The van der Waals surface area contributed by atoms with Crippen molar-refractivity contribution < 1.29 is 4.79 Å². The van der Waals surface area contributed by atoms with Crippen LogP contribution in [0.25, 0.3) is 17.1 Å². The van der Waals surface area contributed by atoms with Gasteiger partial charge >= 0.3 is 0 Å². The second-order valence-corrected chi connectivity index (χ2v) is 5.87. The molecule has 116 valence electrons. The number of rotatable bonds is 5. The van der Waals surface area contributed by atoms with Crippen LogP contribution < -0.4 is 5.73 Å². The topological polar surface area (TPSA) is 86.7 Å². The van der Waals surface area contributed by atoms with Gasteiger partial charge in [-0.15, -0.1) is 10.2 Å². The summed E-state index contributed by atoms with van der Waals surface area (Å²) in [5.74, 6) is 0.438. The second-order valence-electron chi connectivity index (χ2n) is 4.92. The highest BCUT2D eigenvalue weighted by molar-refractivity contribution is 7.99. The second kappa shape index (κ2) is 6.62. The summed E-state index contributed by atoms with van der Waals surface area (Å²) in [6.07, 6.45) is 3.45. The molecule has 0 bridgehead atoms. The number of hydrogen-bond acceptors (Lipinski definition) is 5. The molecule has 2 N–H and O–H groups in total. The van der Waals surface area contributed by atoms with Gasteiger partial charge < -0.3 is 5.73 Å². The van der Waals surface area contributed by atoms with Crippen LogP contribution in [0.3, 0.4) is 0 Å². The van der Waals surface area contributed by atoms with Crippen LogP contribution in [0, 0.1) is 6.92 Å². The Labute approximate surface area is 137 Å². The molecule has 0 aliphatic heterocycles. The van der Waals surface area contributed by atoms with Crippen LogP contribution >= 0.6 is 11.8 Å². The number of primary amides is 1. The molecule has 2 aromatic heterocycles. The lowest BCUT2D eigenvalue weighted by atomic mass is 10.2. The number of nitrogens with zero attached hydrogens (tertiary/aromatic N) is 4. The van der Waals surface area contributed by atoms with Gasteiger partial charge in [-0.3, -0.25) is 14.3 Å². The minimum absolute atomic E-state index is 0.150. The molecule has 23 heavy (non-hydrogen) atoms. The van der Waals surface area contributed by atoms with Crippen molar-refractivity contribution in [3.63, 3.8) is 0 Å². The standard InChI is InChI=1S/C16H15N5OS/c1-11-5-2-3-7-13(11)21-15(12-6-4-8-18-9-12)19-20-16(21)23-10-14(17)22/h2-9H,10H2,1H3,(H2,17,22). The fourth-order valence-corrected chi connectivity index (χ4v) is 2.90. The van der Waals surface area contributed by atoms with Crippen molar-refractivity contribution in [3.05, 3.63) is 54.4 Å². The number of benzene rings is 1. The molecule has 2 heterocycles. The van der Waals surface area contributed by atoms with E-state index in [1.165, 1.54) is 11.8 Å². The van der Waals surface area contributed by atoms with Crippen LogP contribution in [0.4, 0.5) is 0 Å². The number of carbonyl (C=O) groups is 1. The first-order chi connectivity index (χ1) is 11.2. The fraction of sp³-hybridized carbons (Fsp3) is 0.125. The van der Waals surface area contributed by atoms with E-state index in [0.717, 1.165) is 16.8 Å². The van der Waals surface area contributed by atoms with Gasteiger partial charge in [0.2, 0.25) is 5.91 Å². The summed E-state index contributed by atoms with van der Waals surface area (Å²) >= 11 is 1.27. The van der Waals surface area contributed by atoms with Crippen LogP contribution in [0.2, 0.25) is 0 Å². The lowest BCUT2D eigenvalue weighted by molar-refractivity contribution is -0.115. The van der Waals surface area contributed by atoms with Crippen molar-refractivity contribution in [1.82, 2.24) is 19.7 Å². The van der Waals surface area contributed by atoms with Crippen molar-refractivity contribution in [2.45, 2.75) is 12.1 Å². The van der Waals surface area contributed by atoms with Crippen molar-refractivity contribution in [3.8, 4) is 17.1 Å². The highest BCUT2D eigenvalue weighted by Gasteiger charge is 2.17. The molecule has 0 fully saturated rings. The summed E-state index contributed by atoms with van der Waals surface area (Å²) in [6.45, 7) is 2.02. The third-order valence-electron chi connectivity index (χ3n) is 3.25. The Kier molecular flexibility index (Phi) is 4.38. The summed E-state index contributed by atoms with van der Waals surface area (Å²) in [6, 6.07) is 11.7. The molecular weight excluding hydrogens is 310 g/mol. The Morgan fingerprint density at radius 2 is 2.04 bits per heavy atom. The van der Waals surface area contributed by atoms with E-state index in [0.29, 0.717) is 11.0 Å². The van der Waals surface area contributed by atoms with Crippen LogP contribution in [-0.2, 0) is 4.79 Å². The fourth-order valence-electron chi connectivity index (χ4n) is 2.21. The molecule has 3 rings (SSSR count). The van der Waals surface area contributed by atoms with Gasteiger partial charge in [-0.05, 0) is 30.7 Å². The molecule has 0 unspecified atom stereocenters. The molecule has 0 spiro atoms. The largest absolute Gasteiger partial charge is 0.369 e. The van der Waals surface area contributed by atoms with Crippen molar-refractivity contribution in [2.24, 2.45) is 5.73 Å². The first kappa shape index (κ1) is 15.2. The Morgan fingerprint density at radius 1 is 1.22 bits per heavy atom. The van der Waals surface area contributed by atoms with Gasteiger partial charge in [0.05, 0.1) is 11.4 Å². The van der Waals surface area contributed by atoms with Gasteiger partial charge in [-0.25, -0.2) is 0 Å². The predicted molar refractivity (Wildman–Crippen MR) is 89.2 cm³/mol. The van der Waals surface area contributed by atoms with Gasteiger partial charge in [0, 0.05) is 18.0 Å². The lowest BCUT2D eigenvalue weighted by Crippen LogP contribution is -2.13. The number of para-hydroxylation sites is 1. The Balaban J connectivity index is 2.14. The molecule has 7 heteroatoms. The van der Waals surface area contributed by atoms with Gasteiger partial charge in [0.25, 0.3) is 0 Å². The Bertz CT molecular complexity index is 831. The number of thioether (sulfide) groups is 1. The highest BCUT2D eigenvalue weighted by atomic mass is 32.2. The summed E-state index contributed by atoms with van der Waals surface area (Å²) in [4.78, 5) is 15.2. The number of carbonyl (C=O) groups excluding carboxylic acids is 1. The SMILES string of the molecule is Cc1ccccc1-n1c(SCC(N)=O)nnc1-c1cccnc1. The minimum atomic E-state index is -0.391. The molecule has 3 aromatic rings.